The summed E-state index contributed by atoms with van der Waals surface area (Å²) in [5.74, 6) is -2.82. The molecule has 6 nitrogen and oxygen atoms in total. The van der Waals surface area contributed by atoms with Gasteiger partial charge in [-0.1, -0.05) is 43.6 Å². The monoisotopic (exact) mass is 352 g/mol. The van der Waals surface area contributed by atoms with Crippen molar-refractivity contribution in [3.05, 3.63) is 46.1 Å². The molecule has 2 rings (SSSR count). The third-order valence-electron chi connectivity index (χ3n) is 4.49. The number of carboxylic acid groups (broad SMARTS) is 1. The van der Waals surface area contributed by atoms with Crippen LogP contribution in [0.25, 0.3) is 0 Å². The summed E-state index contributed by atoms with van der Waals surface area (Å²) in [5.41, 5.74) is 5.57. The first-order chi connectivity index (χ1) is 11.3. The van der Waals surface area contributed by atoms with Gasteiger partial charge in [0.1, 0.15) is 5.54 Å². The van der Waals surface area contributed by atoms with E-state index in [-0.39, 0.29) is 11.5 Å². The molecule has 130 valence electrons. The molecule has 0 amide bonds. The maximum Gasteiger partial charge on any atom is 0.336 e. The predicted octanol–water partition coefficient (Wildman–Crippen LogP) is 2.46. The first kappa shape index (κ1) is 18.3. The average Bonchev–Trinajstić information content (AvgIpc) is 2.54. The summed E-state index contributed by atoms with van der Waals surface area (Å²) in [6, 6.07) is 6.93. The van der Waals surface area contributed by atoms with Crippen molar-refractivity contribution in [2.24, 2.45) is 5.92 Å². The fourth-order valence-corrected chi connectivity index (χ4v) is 3.42. The van der Waals surface area contributed by atoms with E-state index in [1.165, 1.54) is 7.11 Å². The molecular formula is C17H21ClN2O4. The van der Waals surface area contributed by atoms with Gasteiger partial charge in [0.2, 0.25) is 0 Å². The zero-order valence-corrected chi connectivity index (χ0v) is 14.8. The van der Waals surface area contributed by atoms with Gasteiger partial charge in [0.05, 0.1) is 18.6 Å². The number of allylic oxidation sites excluding steroid dienone is 1. The summed E-state index contributed by atoms with van der Waals surface area (Å²) >= 11 is 6.34. The summed E-state index contributed by atoms with van der Waals surface area (Å²) in [6.45, 7) is 5.25. The Bertz CT molecular complexity index is 702. The summed E-state index contributed by atoms with van der Waals surface area (Å²) in [4.78, 5) is 24.7. The summed E-state index contributed by atoms with van der Waals surface area (Å²) in [5, 5.41) is 10.4. The molecule has 24 heavy (non-hydrogen) atoms. The fraction of sp³-hybridized carbons (Fsp3) is 0.412. The van der Waals surface area contributed by atoms with Crippen LogP contribution in [0.3, 0.4) is 0 Å². The normalized spacial score (nSPS) is 23.8. The Morgan fingerprint density at radius 3 is 2.46 bits per heavy atom. The van der Waals surface area contributed by atoms with Gasteiger partial charge in [-0.15, -0.1) is 0 Å². The Balaban J connectivity index is 2.82. The SMILES string of the molecule is COC(=O)C1=C(C)NNC(C(=O)O)(C(C)C)C1c1ccccc1Cl. The highest BCUT2D eigenvalue weighted by atomic mass is 35.5. The van der Waals surface area contributed by atoms with Gasteiger partial charge in [0, 0.05) is 10.7 Å². The molecule has 0 radical (unpaired) electrons. The standard InChI is InChI=1S/C17H21ClN2O4/c1-9(2)17(16(22)23)14(11-7-5-6-8-12(11)18)13(15(21)24-4)10(3)19-20-17/h5-9,14,19-20H,1-4H3,(H,22,23). The number of nitrogens with one attached hydrogen (secondary N) is 2. The van der Waals surface area contributed by atoms with E-state index in [0.717, 1.165) is 0 Å². The number of rotatable bonds is 4. The van der Waals surface area contributed by atoms with Crippen LogP contribution in [0.1, 0.15) is 32.3 Å². The average molecular weight is 353 g/mol. The van der Waals surface area contributed by atoms with Gasteiger partial charge in [-0.25, -0.2) is 10.2 Å². The highest BCUT2D eigenvalue weighted by Crippen LogP contribution is 2.45. The maximum atomic E-state index is 12.4. The van der Waals surface area contributed by atoms with Gasteiger partial charge in [-0.3, -0.25) is 4.79 Å². The number of hydrogen-bond acceptors (Lipinski definition) is 5. The molecule has 0 saturated heterocycles. The molecule has 1 aromatic rings. The van der Waals surface area contributed by atoms with Gasteiger partial charge in [-0.2, -0.15) is 0 Å². The number of hydrogen-bond donors (Lipinski definition) is 3. The smallest absolute Gasteiger partial charge is 0.336 e. The van der Waals surface area contributed by atoms with Gasteiger partial charge in [0.15, 0.2) is 0 Å². The van der Waals surface area contributed by atoms with E-state index in [0.29, 0.717) is 16.3 Å². The van der Waals surface area contributed by atoms with Crippen molar-refractivity contribution in [3.63, 3.8) is 0 Å². The van der Waals surface area contributed by atoms with E-state index in [2.05, 4.69) is 10.9 Å². The lowest BCUT2D eigenvalue weighted by Crippen LogP contribution is -2.67. The number of esters is 1. The Morgan fingerprint density at radius 2 is 1.96 bits per heavy atom. The van der Waals surface area contributed by atoms with Crippen LogP contribution in [0.15, 0.2) is 35.5 Å². The van der Waals surface area contributed by atoms with Gasteiger partial charge < -0.3 is 15.3 Å². The molecule has 2 unspecified atom stereocenters. The quantitative estimate of drug-likeness (QED) is 0.721. The van der Waals surface area contributed by atoms with E-state index in [1.807, 2.05) is 0 Å². The first-order valence-corrected chi connectivity index (χ1v) is 7.95. The van der Waals surface area contributed by atoms with Crippen molar-refractivity contribution < 1.29 is 19.4 Å². The number of carbonyl (C=O) groups excluding carboxylic acids is 1. The Kier molecular flexibility index (Phi) is 5.20. The Hall–Kier alpha value is -2.05. The largest absolute Gasteiger partial charge is 0.480 e. The minimum atomic E-state index is -1.46. The molecule has 3 N–H and O–H groups in total. The molecule has 0 aromatic heterocycles. The van der Waals surface area contributed by atoms with E-state index < -0.39 is 23.4 Å². The van der Waals surface area contributed by atoms with Gasteiger partial charge in [-0.05, 0) is 24.5 Å². The molecule has 0 fully saturated rings. The molecule has 0 spiro atoms. The van der Waals surface area contributed by atoms with E-state index in [1.54, 1.807) is 45.0 Å². The number of carboxylic acids is 1. The molecule has 1 aliphatic heterocycles. The second kappa shape index (κ2) is 6.83. The molecule has 1 aromatic carbocycles. The second-order valence-electron chi connectivity index (χ2n) is 6.06. The molecule has 0 saturated carbocycles. The van der Waals surface area contributed by atoms with Gasteiger partial charge >= 0.3 is 11.9 Å². The van der Waals surface area contributed by atoms with Crippen molar-refractivity contribution in [1.29, 1.82) is 0 Å². The van der Waals surface area contributed by atoms with Crippen LogP contribution >= 0.6 is 11.6 Å². The zero-order valence-electron chi connectivity index (χ0n) is 14.0. The number of aliphatic carboxylic acids is 1. The number of ether oxygens (including phenoxy) is 1. The maximum absolute atomic E-state index is 12.4. The van der Waals surface area contributed by atoms with E-state index >= 15 is 0 Å². The number of halogens is 1. The lowest BCUT2D eigenvalue weighted by Gasteiger charge is -2.45. The molecule has 0 bridgehead atoms. The number of carbonyl (C=O) groups is 2. The molecule has 2 atom stereocenters. The molecule has 1 aliphatic rings. The molecule has 1 heterocycles. The number of methoxy groups -OCH3 is 1. The van der Waals surface area contributed by atoms with Crippen LogP contribution in [0.5, 0.6) is 0 Å². The highest BCUT2D eigenvalue weighted by molar-refractivity contribution is 6.31. The minimum absolute atomic E-state index is 0.250. The van der Waals surface area contributed by atoms with Gasteiger partial charge in [0.25, 0.3) is 0 Å². The third-order valence-corrected chi connectivity index (χ3v) is 4.84. The van der Waals surface area contributed by atoms with Crippen molar-refractivity contribution in [2.45, 2.75) is 32.2 Å². The van der Waals surface area contributed by atoms with Crippen LogP contribution in [0, 0.1) is 5.92 Å². The zero-order chi connectivity index (χ0) is 18.1. The van der Waals surface area contributed by atoms with Crippen molar-refractivity contribution >= 4 is 23.5 Å². The second-order valence-corrected chi connectivity index (χ2v) is 6.47. The Morgan fingerprint density at radius 1 is 1.33 bits per heavy atom. The van der Waals surface area contributed by atoms with Crippen molar-refractivity contribution in [3.8, 4) is 0 Å². The fourth-order valence-electron chi connectivity index (χ4n) is 3.17. The highest BCUT2D eigenvalue weighted by Gasteiger charge is 2.55. The van der Waals surface area contributed by atoms with E-state index in [4.69, 9.17) is 16.3 Å². The third kappa shape index (κ3) is 2.76. The van der Waals surface area contributed by atoms with Crippen LogP contribution in [-0.2, 0) is 14.3 Å². The summed E-state index contributed by atoms with van der Waals surface area (Å²) < 4.78 is 4.90. The van der Waals surface area contributed by atoms with Crippen LogP contribution in [-0.4, -0.2) is 29.7 Å². The van der Waals surface area contributed by atoms with Crippen LogP contribution in [0.4, 0.5) is 0 Å². The van der Waals surface area contributed by atoms with Crippen molar-refractivity contribution in [1.82, 2.24) is 10.9 Å². The lowest BCUT2D eigenvalue weighted by atomic mass is 9.67. The molecule has 0 aliphatic carbocycles. The minimum Gasteiger partial charge on any atom is -0.480 e. The summed E-state index contributed by atoms with van der Waals surface area (Å²) in [7, 11) is 1.27. The van der Waals surface area contributed by atoms with Crippen molar-refractivity contribution in [2.75, 3.05) is 7.11 Å². The first-order valence-electron chi connectivity index (χ1n) is 7.57. The van der Waals surface area contributed by atoms with Crippen LogP contribution < -0.4 is 10.9 Å². The number of benzene rings is 1. The van der Waals surface area contributed by atoms with E-state index in [9.17, 15) is 14.7 Å². The topological polar surface area (TPSA) is 87.7 Å². The summed E-state index contributed by atoms with van der Waals surface area (Å²) in [6.07, 6.45) is 0. The Labute approximate surface area is 145 Å². The lowest BCUT2D eigenvalue weighted by molar-refractivity contribution is -0.149. The molecule has 7 heteroatoms. The van der Waals surface area contributed by atoms with Crippen LogP contribution in [0.2, 0.25) is 5.02 Å². The molecular weight excluding hydrogens is 332 g/mol. The number of hydrazine groups is 1. The predicted molar refractivity (Wildman–Crippen MR) is 90.4 cm³/mol.